The molecule has 0 fully saturated rings. The van der Waals surface area contributed by atoms with Crippen LogP contribution in [0.3, 0.4) is 0 Å². The second-order valence-corrected chi connectivity index (χ2v) is 1.33. The summed E-state index contributed by atoms with van der Waals surface area (Å²) in [6.45, 7) is -0.314. The first kappa shape index (κ1) is 8.41. The van der Waals surface area contributed by atoms with Crippen LogP contribution >= 0.6 is 0 Å². The number of ether oxygens (including phenoxy) is 1. The molecule has 0 heterocycles. The zero-order chi connectivity index (χ0) is 7.98. The standard InChI is InChI=1S/C4H7N3O3/c5-4(6)7-1-3(9)10-2-8/h2H,1H2,(H4,5,6,7). The van der Waals surface area contributed by atoms with Gasteiger partial charge in [0.05, 0.1) is 0 Å². The highest BCUT2D eigenvalue weighted by molar-refractivity contribution is 5.82. The summed E-state index contributed by atoms with van der Waals surface area (Å²) in [4.78, 5) is 23.1. The van der Waals surface area contributed by atoms with E-state index in [1.807, 2.05) is 0 Å². The second kappa shape index (κ2) is 4.30. The lowest BCUT2D eigenvalue weighted by Gasteiger charge is -1.91. The molecule has 0 aromatic carbocycles. The Labute approximate surface area is 56.8 Å². The molecule has 10 heavy (non-hydrogen) atoms. The lowest BCUT2D eigenvalue weighted by Crippen LogP contribution is -2.24. The number of carbonyl (C=O) groups is 2. The summed E-state index contributed by atoms with van der Waals surface area (Å²) in [5, 5.41) is 0. The summed E-state index contributed by atoms with van der Waals surface area (Å²) in [6, 6.07) is 0. The van der Waals surface area contributed by atoms with Gasteiger partial charge in [0, 0.05) is 0 Å². The van der Waals surface area contributed by atoms with Gasteiger partial charge in [-0.15, -0.1) is 0 Å². The molecular formula is C4H7N3O3. The molecule has 0 radical (unpaired) electrons. The van der Waals surface area contributed by atoms with Gasteiger partial charge in [0.1, 0.15) is 6.54 Å². The van der Waals surface area contributed by atoms with Gasteiger partial charge in [-0.25, -0.2) is 9.79 Å². The molecule has 6 heteroatoms. The van der Waals surface area contributed by atoms with E-state index in [9.17, 15) is 9.59 Å². The number of hydrogen-bond acceptors (Lipinski definition) is 4. The SMILES string of the molecule is NC(N)=NCC(=O)OC=O. The first-order chi connectivity index (χ1) is 4.66. The summed E-state index contributed by atoms with van der Waals surface area (Å²) < 4.78 is 3.85. The van der Waals surface area contributed by atoms with Crippen LogP contribution in [0.2, 0.25) is 0 Å². The molecule has 0 spiro atoms. The maximum absolute atomic E-state index is 10.3. The number of nitrogens with two attached hydrogens (primary N) is 2. The number of carbonyl (C=O) groups excluding carboxylic acids is 2. The molecule has 4 N–H and O–H groups in total. The van der Waals surface area contributed by atoms with E-state index in [4.69, 9.17) is 11.5 Å². The van der Waals surface area contributed by atoms with Crippen molar-refractivity contribution in [3.63, 3.8) is 0 Å². The van der Waals surface area contributed by atoms with E-state index in [1.165, 1.54) is 0 Å². The molecule has 6 nitrogen and oxygen atoms in total. The monoisotopic (exact) mass is 145 g/mol. The Kier molecular flexibility index (Phi) is 3.62. The van der Waals surface area contributed by atoms with Crippen molar-refractivity contribution in [3.05, 3.63) is 0 Å². The van der Waals surface area contributed by atoms with Gasteiger partial charge >= 0.3 is 12.4 Å². The molecule has 0 amide bonds. The maximum atomic E-state index is 10.3. The lowest BCUT2D eigenvalue weighted by atomic mass is 10.7. The summed E-state index contributed by atoms with van der Waals surface area (Å²) >= 11 is 0. The van der Waals surface area contributed by atoms with Gasteiger partial charge in [0.25, 0.3) is 0 Å². The summed E-state index contributed by atoms with van der Waals surface area (Å²) in [5.74, 6) is -1.01. The second-order valence-electron chi connectivity index (χ2n) is 1.33. The van der Waals surface area contributed by atoms with Crippen LogP contribution in [0.5, 0.6) is 0 Å². The summed E-state index contributed by atoms with van der Waals surface area (Å²) in [7, 11) is 0. The van der Waals surface area contributed by atoms with E-state index in [1.54, 1.807) is 0 Å². The van der Waals surface area contributed by atoms with Crippen LogP contribution in [0.4, 0.5) is 0 Å². The molecule has 0 aliphatic heterocycles. The molecule has 0 unspecified atom stereocenters. The van der Waals surface area contributed by atoms with Crippen LogP contribution < -0.4 is 11.5 Å². The Balaban J connectivity index is 3.59. The third-order valence-corrected chi connectivity index (χ3v) is 0.570. The number of hydrogen-bond donors (Lipinski definition) is 2. The fourth-order valence-corrected chi connectivity index (χ4v) is 0.247. The number of guanidine groups is 1. The molecule has 0 aliphatic rings. The Morgan fingerprint density at radius 1 is 1.60 bits per heavy atom. The summed E-state index contributed by atoms with van der Waals surface area (Å²) in [5.41, 5.74) is 9.74. The molecule has 56 valence electrons. The van der Waals surface area contributed by atoms with E-state index in [0.29, 0.717) is 0 Å². The van der Waals surface area contributed by atoms with E-state index < -0.39 is 5.97 Å². The number of rotatable bonds is 3. The van der Waals surface area contributed by atoms with Crippen molar-refractivity contribution >= 4 is 18.4 Å². The molecular weight excluding hydrogens is 138 g/mol. The quantitative estimate of drug-likeness (QED) is 0.156. The molecule has 0 aliphatic carbocycles. The van der Waals surface area contributed by atoms with Gasteiger partial charge in [-0.1, -0.05) is 0 Å². The highest BCUT2D eigenvalue weighted by Gasteiger charge is 1.97. The Morgan fingerprint density at radius 2 is 2.20 bits per heavy atom. The van der Waals surface area contributed by atoms with E-state index in [0.717, 1.165) is 0 Å². The minimum atomic E-state index is -0.789. The van der Waals surface area contributed by atoms with Gasteiger partial charge in [-0.05, 0) is 0 Å². The van der Waals surface area contributed by atoms with Crippen LogP contribution in [-0.4, -0.2) is 24.9 Å². The molecule has 0 rings (SSSR count). The van der Waals surface area contributed by atoms with Crippen molar-refractivity contribution in [2.45, 2.75) is 0 Å². The van der Waals surface area contributed by atoms with Gasteiger partial charge in [-0.2, -0.15) is 0 Å². The Morgan fingerprint density at radius 3 is 2.60 bits per heavy atom. The Bertz CT molecular complexity index is 161. The van der Waals surface area contributed by atoms with Crippen molar-refractivity contribution in [1.82, 2.24) is 0 Å². The van der Waals surface area contributed by atoms with Gasteiger partial charge in [0.2, 0.25) is 0 Å². The molecule has 0 bridgehead atoms. The average molecular weight is 145 g/mol. The molecule has 0 aromatic heterocycles. The highest BCUT2D eigenvalue weighted by Crippen LogP contribution is 1.74. The first-order valence-corrected chi connectivity index (χ1v) is 2.35. The topological polar surface area (TPSA) is 108 Å². The third kappa shape index (κ3) is 4.57. The predicted molar refractivity (Wildman–Crippen MR) is 32.8 cm³/mol. The minimum absolute atomic E-state index is 0.0184. The van der Waals surface area contributed by atoms with Gasteiger partial charge in [-0.3, -0.25) is 4.79 Å². The third-order valence-electron chi connectivity index (χ3n) is 0.570. The van der Waals surface area contributed by atoms with Crippen LogP contribution in [0.1, 0.15) is 0 Å². The highest BCUT2D eigenvalue weighted by atomic mass is 16.6. The summed E-state index contributed by atoms with van der Waals surface area (Å²) in [6.07, 6.45) is 0. The van der Waals surface area contributed by atoms with Gasteiger partial charge < -0.3 is 16.2 Å². The van der Waals surface area contributed by atoms with Crippen molar-refractivity contribution in [2.24, 2.45) is 16.5 Å². The van der Waals surface area contributed by atoms with Crippen LogP contribution in [0, 0.1) is 0 Å². The average Bonchev–Trinajstić information content (AvgIpc) is 1.85. The van der Waals surface area contributed by atoms with Crippen molar-refractivity contribution < 1.29 is 14.3 Å². The molecule has 0 saturated carbocycles. The smallest absolute Gasteiger partial charge is 0.335 e. The number of esters is 1. The van der Waals surface area contributed by atoms with Crippen molar-refractivity contribution in [2.75, 3.05) is 6.54 Å². The normalized spacial score (nSPS) is 8.00. The van der Waals surface area contributed by atoms with E-state index in [2.05, 4.69) is 9.73 Å². The predicted octanol–water partition coefficient (Wildman–Crippen LogP) is -2.04. The van der Waals surface area contributed by atoms with E-state index >= 15 is 0 Å². The number of nitrogens with zero attached hydrogens (tertiary/aromatic N) is 1. The molecule has 0 saturated heterocycles. The fourth-order valence-electron chi connectivity index (χ4n) is 0.247. The van der Waals surface area contributed by atoms with Crippen molar-refractivity contribution in [1.29, 1.82) is 0 Å². The lowest BCUT2D eigenvalue weighted by molar-refractivity contribution is -0.150. The Hall–Kier alpha value is -1.59. The number of aliphatic imine (C=N–C) groups is 1. The molecule has 0 atom stereocenters. The largest absolute Gasteiger partial charge is 0.394 e. The van der Waals surface area contributed by atoms with E-state index in [-0.39, 0.29) is 19.0 Å². The maximum Gasteiger partial charge on any atom is 0.335 e. The zero-order valence-corrected chi connectivity index (χ0v) is 5.11. The fraction of sp³-hybridized carbons (Fsp3) is 0.250. The zero-order valence-electron chi connectivity index (χ0n) is 5.11. The van der Waals surface area contributed by atoms with Crippen LogP contribution in [0.25, 0.3) is 0 Å². The van der Waals surface area contributed by atoms with Crippen molar-refractivity contribution in [3.8, 4) is 0 Å². The van der Waals surface area contributed by atoms with Gasteiger partial charge in [0.15, 0.2) is 5.96 Å². The van der Waals surface area contributed by atoms with Crippen LogP contribution in [0.15, 0.2) is 4.99 Å². The first-order valence-electron chi connectivity index (χ1n) is 2.35. The molecule has 0 aromatic rings. The minimum Gasteiger partial charge on any atom is -0.394 e. The van der Waals surface area contributed by atoms with Crippen LogP contribution in [-0.2, 0) is 14.3 Å².